The lowest BCUT2D eigenvalue weighted by Gasteiger charge is -2.41. The normalized spacial score (nSPS) is 18.6. The van der Waals surface area contributed by atoms with E-state index in [1.807, 2.05) is 0 Å². The summed E-state index contributed by atoms with van der Waals surface area (Å²) in [6.45, 7) is 0.136. The van der Waals surface area contributed by atoms with Gasteiger partial charge in [0.15, 0.2) is 0 Å². The Morgan fingerprint density at radius 2 is 2.36 bits per heavy atom. The molecule has 1 aromatic rings. The van der Waals surface area contributed by atoms with E-state index in [0.717, 1.165) is 19.3 Å². The summed E-state index contributed by atoms with van der Waals surface area (Å²) >= 11 is 0. The zero-order valence-corrected chi connectivity index (χ0v) is 7.90. The van der Waals surface area contributed by atoms with Crippen LogP contribution in [0, 0.1) is 0 Å². The number of nitrogens with two attached hydrogens (primary N) is 1. The van der Waals surface area contributed by atoms with E-state index in [4.69, 9.17) is 5.73 Å². The summed E-state index contributed by atoms with van der Waals surface area (Å²) in [6, 6.07) is 1.76. The highest BCUT2D eigenvalue weighted by Gasteiger charge is 2.36. The number of nitrogens with zero attached hydrogens (tertiary/aromatic N) is 2. The maximum absolute atomic E-state index is 9.23. The second-order valence-electron chi connectivity index (χ2n) is 3.72. The van der Waals surface area contributed by atoms with Gasteiger partial charge in [0.25, 0.3) is 0 Å². The van der Waals surface area contributed by atoms with Crippen LogP contribution in [-0.4, -0.2) is 27.2 Å². The van der Waals surface area contributed by atoms with Crippen molar-refractivity contribution in [1.82, 2.24) is 9.97 Å². The fraction of sp³-hybridized carbons (Fsp3) is 0.556. The molecule has 5 nitrogen and oxygen atoms in total. The number of aliphatic hydroxyl groups excluding tert-OH is 1. The van der Waals surface area contributed by atoms with Crippen molar-refractivity contribution in [3.05, 3.63) is 12.3 Å². The van der Waals surface area contributed by atoms with Crippen LogP contribution in [0.4, 0.5) is 11.8 Å². The van der Waals surface area contributed by atoms with Gasteiger partial charge in [-0.1, -0.05) is 0 Å². The Morgan fingerprint density at radius 3 is 2.86 bits per heavy atom. The van der Waals surface area contributed by atoms with Gasteiger partial charge in [-0.2, -0.15) is 4.98 Å². The number of anilines is 2. The maximum atomic E-state index is 9.23. The van der Waals surface area contributed by atoms with Crippen molar-refractivity contribution in [1.29, 1.82) is 0 Å². The largest absolute Gasteiger partial charge is 0.394 e. The molecular formula is C9H14N4O. The van der Waals surface area contributed by atoms with E-state index in [-0.39, 0.29) is 18.1 Å². The minimum atomic E-state index is -0.180. The van der Waals surface area contributed by atoms with Gasteiger partial charge in [0, 0.05) is 6.20 Å². The first-order chi connectivity index (χ1) is 6.74. The molecule has 1 heterocycles. The number of aromatic nitrogens is 2. The van der Waals surface area contributed by atoms with Crippen LogP contribution >= 0.6 is 0 Å². The van der Waals surface area contributed by atoms with E-state index in [1.54, 1.807) is 12.3 Å². The van der Waals surface area contributed by atoms with E-state index in [1.165, 1.54) is 0 Å². The molecule has 1 aromatic heterocycles. The molecule has 0 aliphatic heterocycles. The lowest BCUT2D eigenvalue weighted by Crippen LogP contribution is -2.48. The number of hydrogen-bond acceptors (Lipinski definition) is 5. The molecule has 5 heteroatoms. The predicted octanol–water partition coefficient (Wildman–Crippen LogP) is 0.386. The Balaban J connectivity index is 2.09. The highest BCUT2D eigenvalue weighted by atomic mass is 16.3. The van der Waals surface area contributed by atoms with Crippen molar-refractivity contribution in [2.24, 2.45) is 0 Å². The summed E-state index contributed by atoms with van der Waals surface area (Å²) in [4.78, 5) is 7.84. The van der Waals surface area contributed by atoms with Crippen molar-refractivity contribution < 1.29 is 5.11 Å². The minimum Gasteiger partial charge on any atom is -0.394 e. The van der Waals surface area contributed by atoms with E-state index >= 15 is 0 Å². The smallest absolute Gasteiger partial charge is 0.221 e. The van der Waals surface area contributed by atoms with Crippen LogP contribution in [0.15, 0.2) is 12.3 Å². The standard InChI is InChI=1S/C9H14N4O/c10-8-11-5-2-7(12-8)13-9(6-14)3-1-4-9/h2,5,14H,1,3-4,6H2,(H3,10,11,12,13). The molecule has 4 N–H and O–H groups in total. The van der Waals surface area contributed by atoms with Crippen molar-refractivity contribution >= 4 is 11.8 Å². The van der Waals surface area contributed by atoms with E-state index in [0.29, 0.717) is 5.82 Å². The summed E-state index contributed by atoms with van der Waals surface area (Å²) in [6.07, 6.45) is 4.71. The number of rotatable bonds is 3. The first-order valence-electron chi connectivity index (χ1n) is 4.72. The highest BCUT2D eigenvalue weighted by Crippen LogP contribution is 2.34. The van der Waals surface area contributed by atoms with Crippen LogP contribution in [-0.2, 0) is 0 Å². The molecule has 76 valence electrons. The monoisotopic (exact) mass is 194 g/mol. The van der Waals surface area contributed by atoms with E-state index in [9.17, 15) is 5.11 Å². The molecule has 1 aliphatic rings. The fourth-order valence-corrected chi connectivity index (χ4v) is 1.64. The topological polar surface area (TPSA) is 84.1 Å². The van der Waals surface area contributed by atoms with Crippen molar-refractivity contribution in [3.8, 4) is 0 Å². The average molecular weight is 194 g/mol. The molecule has 0 amide bonds. The quantitative estimate of drug-likeness (QED) is 0.648. The van der Waals surface area contributed by atoms with Crippen LogP contribution < -0.4 is 11.1 Å². The van der Waals surface area contributed by atoms with Gasteiger partial charge in [0.05, 0.1) is 12.1 Å². The van der Waals surface area contributed by atoms with Gasteiger partial charge in [-0.25, -0.2) is 4.98 Å². The zero-order chi connectivity index (χ0) is 10.0. The molecule has 2 rings (SSSR count). The molecule has 14 heavy (non-hydrogen) atoms. The molecule has 0 aromatic carbocycles. The SMILES string of the molecule is Nc1nccc(NC2(CO)CCC2)n1. The number of hydrogen-bond donors (Lipinski definition) is 3. The first kappa shape index (κ1) is 9.21. The molecule has 1 saturated carbocycles. The Kier molecular flexibility index (Phi) is 2.25. The van der Waals surface area contributed by atoms with Gasteiger partial charge in [0.2, 0.25) is 5.95 Å². The molecule has 0 radical (unpaired) electrons. The number of nitrogens with one attached hydrogen (secondary N) is 1. The third-order valence-corrected chi connectivity index (χ3v) is 2.68. The highest BCUT2D eigenvalue weighted by molar-refractivity contribution is 5.41. The lowest BCUT2D eigenvalue weighted by atomic mass is 9.77. The average Bonchev–Trinajstić information content (AvgIpc) is 2.11. The van der Waals surface area contributed by atoms with Gasteiger partial charge < -0.3 is 16.2 Å². The molecule has 0 atom stereocenters. The van der Waals surface area contributed by atoms with Crippen molar-refractivity contribution in [2.45, 2.75) is 24.8 Å². The zero-order valence-electron chi connectivity index (χ0n) is 7.90. The van der Waals surface area contributed by atoms with Gasteiger partial charge in [-0.3, -0.25) is 0 Å². The first-order valence-corrected chi connectivity index (χ1v) is 4.72. The summed E-state index contributed by atoms with van der Waals surface area (Å²) in [5, 5.41) is 12.4. The second kappa shape index (κ2) is 3.42. The van der Waals surface area contributed by atoms with Crippen LogP contribution in [0.2, 0.25) is 0 Å². The Bertz CT molecular complexity index is 319. The van der Waals surface area contributed by atoms with Crippen LogP contribution in [0.1, 0.15) is 19.3 Å². The summed E-state index contributed by atoms with van der Waals surface area (Å²) < 4.78 is 0. The molecular weight excluding hydrogens is 180 g/mol. The molecule has 0 unspecified atom stereocenters. The molecule has 1 aliphatic carbocycles. The van der Waals surface area contributed by atoms with Crippen LogP contribution in [0.3, 0.4) is 0 Å². The fourth-order valence-electron chi connectivity index (χ4n) is 1.64. The van der Waals surface area contributed by atoms with E-state index in [2.05, 4.69) is 15.3 Å². The lowest BCUT2D eigenvalue weighted by molar-refractivity contribution is 0.144. The van der Waals surface area contributed by atoms with Gasteiger partial charge in [0.1, 0.15) is 5.82 Å². The number of nitrogen functional groups attached to an aromatic ring is 1. The minimum absolute atomic E-state index is 0.136. The molecule has 0 bridgehead atoms. The summed E-state index contributed by atoms with van der Waals surface area (Å²) in [5.74, 6) is 0.939. The molecule has 0 spiro atoms. The van der Waals surface area contributed by atoms with Gasteiger partial charge >= 0.3 is 0 Å². The van der Waals surface area contributed by atoms with Crippen LogP contribution in [0.5, 0.6) is 0 Å². The van der Waals surface area contributed by atoms with Gasteiger partial charge in [-0.05, 0) is 25.3 Å². The Labute approximate surface area is 82.4 Å². The maximum Gasteiger partial charge on any atom is 0.221 e. The van der Waals surface area contributed by atoms with Crippen molar-refractivity contribution in [3.63, 3.8) is 0 Å². The third-order valence-electron chi connectivity index (χ3n) is 2.68. The van der Waals surface area contributed by atoms with Crippen molar-refractivity contribution in [2.75, 3.05) is 17.7 Å². The third kappa shape index (κ3) is 1.63. The molecule has 1 fully saturated rings. The Morgan fingerprint density at radius 1 is 1.57 bits per heavy atom. The number of aliphatic hydroxyl groups is 1. The predicted molar refractivity (Wildman–Crippen MR) is 53.7 cm³/mol. The molecule has 0 saturated heterocycles. The summed E-state index contributed by atoms with van der Waals surface area (Å²) in [7, 11) is 0. The summed E-state index contributed by atoms with van der Waals surface area (Å²) in [5.41, 5.74) is 5.27. The second-order valence-corrected chi connectivity index (χ2v) is 3.72. The van der Waals surface area contributed by atoms with Crippen LogP contribution in [0.25, 0.3) is 0 Å². The Hall–Kier alpha value is -1.36. The van der Waals surface area contributed by atoms with Gasteiger partial charge in [-0.15, -0.1) is 0 Å². The van der Waals surface area contributed by atoms with E-state index < -0.39 is 0 Å².